The highest BCUT2D eigenvalue weighted by atomic mass is 16.6. The topological polar surface area (TPSA) is 83.8 Å². The molecule has 2 N–H and O–H groups in total. The number of carbonyl (C=O) groups is 2. The van der Waals surface area contributed by atoms with Gasteiger partial charge in [-0.25, -0.2) is 0 Å². The van der Waals surface area contributed by atoms with Gasteiger partial charge in [0.2, 0.25) is 0 Å². The molecule has 5 heteroatoms. The summed E-state index contributed by atoms with van der Waals surface area (Å²) in [6, 6.07) is 5.96. The van der Waals surface area contributed by atoms with Crippen molar-refractivity contribution in [2.24, 2.45) is 69.0 Å². The summed E-state index contributed by atoms with van der Waals surface area (Å²) in [5.74, 6) is 5.82. The third kappa shape index (κ3) is 4.40. The summed E-state index contributed by atoms with van der Waals surface area (Å²) < 4.78 is 6.30. The minimum atomic E-state index is -0.287. The minimum absolute atomic E-state index is 0.0104. The number of fused-ring (bicyclic) bond motifs is 11. The van der Waals surface area contributed by atoms with Gasteiger partial charge in [-0.15, -0.1) is 0 Å². The van der Waals surface area contributed by atoms with Crippen molar-refractivity contribution >= 4 is 11.8 Å². The molecule has 4 unspecified atom stereocenters. The third-order valence-electron chi connectivity index (χ3n) is 18.6. The summed E-state index contributed by atoms with van der Waals surface area (Å²) in [6.07, 6.45) is 14.3. The number of aromatic hydroxyl groups is 1. The zero-order valence-corrected chi connectivity index (χ0v) is 32.2. The van der Waals surface area contributed by atoms with Crippen molar-refractivity contribution in [2.45, 2.75) is 150 Å². The van der Waals surface area contributed by atoms with E-state index in [1.807, 2.05) is 18.2 Å². The summed E-state index contributed by atoms with van der Waals surface area (Å²) >= 11 is 0. The molecule has 1 spiro atoms. The van der Waals surface area contributed by atoms with Gasteiger partial charge in [-0.1, -0.05) is 67.0 Å². The molecule has 0 bridgehead atoms. The number of hydrogen-bond donors (Lipinski definition) is 2. The number of aryl methyl sites for hydroxylation is 1. The summed E-state index contributed by atoms with van der Waals surface area (Å²) in [7, 11) is 0. The number of hydrogen-bond acceptors (Lipinski definition) is 5. The van der Waals surface area contributed by atoms with Crippen molar-refractivity contribution in [3.05, 3.63) is 41.0 Å². The first-order valence-electron chi connectivity index (χ1n) is 20.5. The van der Waals surface area contributed by atoms with Crippen LogP contribution in [0.1, 0.15) is 143 Å². The number of carbonyl (C=O) groups excluding carboxylic acids is 2. The van der Waals surface area contributed by atoms with Crippen LogP contribution in [0.25, 0.3) is 0 Å². The van der Waals surface area contributed by atoms with Gasteiger partial charge in [-0.2, -0.15) is 0 Å². The molecule has 1 aliphatic heterocycles. The zero-order chi connectivity index (χ0) is 35.8. The molecule has 15 atom stereocenters. The van der Waals surface area contributed by atoms with Gasteiger partial charge < -0.3 is 14.9 Å². The van der Waals surface area contributed by atoms with Crippen LogP contribution in [0.15, 0.2) is 29.8 Å². The average Bonchev–Trinajstić information content (AvgIpc) is 3.68. The largest absolute Gasteiger partial charge is 0.508 e. The number of aliphatic hydroxyl groups is 1. The highest BCUT2D eigenvalue weighted by Crippen LogP contribution is 2.78. The van der Waals surface area contributed by atoms with E-state index in [0.29, 0.717) is 71.7 Å². The van der Waals surface area contributed by atoms with E-state index >= 15 is 0 Å². The van der Waals surface area contributed by atoms with E-state index in [9.17, 15) is 19.8 Å². The van der Waals surface area contributed by atoms with Crippen LogP contribution in [0.2, 0.25) is 0 Å². The molecular formula is C45H64O5. The number of allylic oxidation sites excluding steroid dienone is 1. The van der Waals surface area contributed by atoms with E-state index in [0.717, 1.165) is 44.4 Å². The monoisotopic (exact) mass is 684 g/mol. The highest BCUT2D eigenvalue weighted by Gasteiger charge is 2.76. The summed E-state index contributed by atoms with van der Waals surface area (Å²) in [6.45, 7) is 19.4. The number of rotatable bonds is 0. The molecule has 9 rings (SSSR count). The molecule has 8 aliphatic rings. The highest BCUT2D eigenvalue weighted by molar-refractivity contribution is 5.91. The summed E-state index contributed by atoms with van der Waals surface area (Å²) in [5, 5.41) is 20.0. The Hall–Kier alpha value is -2.14. The Balaban J connectivity index is 0.000000156. The Kier molecular flexibility index (Phi) is 7.98. The second-order valence-corrected chi connectivity index (χ2v) is 19.9. The maximum absolute atomic E-state index is 12.4. The van der Waals surface area contributed by atoms with E-state index < -0.39 is 0 Å². The molecule has 0 aromatic heterocycles. The molecule has 7 aliphatic carbocycles. The molecule has 274 valence electrons. The maximum Gasteiger partial charge on any atom is 0.306 e. The van der Waals surface area contributed by atoms with E-state index in [1.54, 1.807) is 0 Å². The lowest BCUT2D eigenvalue weighted by Crippen LogP contribution is -2.64. The molecule has 1 saturated heterocycles. The van der Waals surface area contributed by atoms with Crippen molar-refractivity contribution < 1.29 is 24.5 Å². The van der Waals surface area contributed by atoms with Crippen LogP contribution in [-0.2, 0) is 20.7 Å². The molecule has 6 fully saturated rings. The number of phenols is 1. The maximum atomic E-state index is 12.4. The van der Waals surface area contributed by atoms with Crippen molar-refractivity contribution in [1.29, 1.82) is 0 Å². The van der Waals surface area contributed by atoms with Gasteiger partial charge >= 0.3 is 5.97 Å². The molecule has 0 radical (unpaired) electrons. The third-order valence-corrected chi connectivity index (χ3v) is 18.6. The number of esters is 1. The Morgan fingerprint density at radius 2 is 1.58 bits per heavy atom. The first-order chi connectivity index (χ1) is 23.5. The van der Waals surface area contributed by atoms with Crippen molar-refractivity contribution in [3.8, 4) is 5.75 Å². The predicted octanol–water partition coefficient (Wildman–Crippen LogP) is 9.58. The zero-order valence-electron chi connectivity index (χ0n) is 32.2. The van der Waals surface area contributed by atoms with Gasteiger partial charge in [0.05, 0.1) is 6.10 Å². The van der Waals surface area contributed by atoms with Crippen molar-refractivity contribution in [2.75, 3.05) is 0 Å². The Morgan fingerprint density at radius 1 is 0.820 bits per heavy atom. The van der Waals surface area contributed by atoms with E-state index in [-0.39, 0.29) is 39.3 Å². The van der Waals surface area contributed by atoms with Crippen LogP contribution in [0, 0.1) is 69.0 Å². The second-order valence-electron chi connectivity index (χ2n) is 19.9. The lowest BCUT2D eigenvalue weighted by Gasteiger charge is -2.68. The van der Waals surface area contributed by atoms with Crippen LogP contribution in [0.3, 0.4) is 0 Å². The molecular weight excluding hydrogens is 620 g/mol. The van der Waals surface area contributed by atoms with Crippen LogP contribution in [0.5, 0.6) is 5.75 Å². The average molecular weight is 685 g/mol. The molecule has 5 nitrogen and oxygen atoms in total. The van der Waals surface area contributed by atoms with Crippen molar-refractivity contribution in [1.82, 2.24) is 0 Å². The predicted molar refractivity (Wildman–Crippen MR) is 196 cm³/mol. The van der Waals surface area contributed by atoms with Gasteiger partial charge in [0.15, 0.2) is 5.78 Å². The quantitative estimate of drug-likeness (QED) is 0.266. The van der Waals surface area contributed by atoms with Crippen LogP contribution < -0.4 is 0 Å². The number of aliphatic hydroxyl groups excluding tert-OH is 1. The first-order valence-corrected chi connectivity index (χ1v) is 20.5. The Labute approximate surface area is 301 Å². The molecule has 50 heavy (non-hydrogen) atoms. The minimum Gasteiger partial charge on any atom is -0.508 e. The Morgan fingerprint density at radius 3 is 2.30 bits per heavy atom. The number of phenolic OH excluding ortho intramolecular Hbond substituents is 1. The van der Waals surface area contributed by atoms with E-state index in [1.165, 1.54) is 42.4 Å². The molecule has 1 heterocycles. The molecule has 0 amide bonds. The fraction of sp³-hybridized carbons (Fsp3) is 0.778. The van der Waals surface area contributed by atoms with Crippen molar-refractivity contribution in [3.63, 3.8) is 0 Å². The lowest BCUT2D eigenvalue weighted by atomic mass is 9.36. The van der Waals surface area contributed by atoms with E-state index in [4.69, 9.17) is 4.74 Å². The fourth-order valence-electron chi connectivity index (χ4n) is 15.9. The standard InChI is InChI=1S/C27H40O3.C18H24O2/c1-15-17(3)26(7)21(24(5)11-8-19(28)14-20(15)24)9-12-25(6)23(26)16(2)18(4)27(25)13-10-22(29)30-27;1-18-9-8-14-13-5-3-12(19)10-11(13)2-4-15(14)16(18)6-7-17(18)20/h14-18,21,23H,8-13H2,1-7H3;3,5,10,14-17,19-20H,2,4,6-9H2,1H3/t15-,16-,17+,18+,21?,23?,24+,25+,26-,27+;14?,15-,16?,17+,18+/m11/s1. The van der Waals surface area contributed by atoms with Gasteiger partial charge in [0, 0.05) is 18.3 Å². The van der Waals surface area contributed by atoms with E-state index in [2.05, 4.69) is 61.5 Å². The SMILES string of the molecule is C[C@H]1C2=CC(=O)CC[C@]2(C)C2CC[C@@]3(C)C([C@H](C)[C@H](C)[C@@]34CCC(=O)O4)[C@]2(C)[C@H]1C.C[C@]12CCC3c4ccc(O)cc4CC[C@H]3C1CC[C@@H]2O. The Bertz CT molecular complexity index is 1610. The molecule has 1 aromatic rings. The van der Waals surface area contributed by atoms with Crippen LogP contribution >= 0.6 is 0 Å². The molecule has 1 aromatic carbocycles. The van der Waals surface area contributed by atoms with Gasteiger partial charge in [-0.3, -0.25) is 9.59 Å². The van der Waals surface area contributed by atoms with Gasteiger partial charge in [0.1, 0.15) is 11.4 Å². The van der Waals surface area contributed by atoms with Crippen LogP contribution in [-0.4, -0.2) is 33.7 Å². The summed E-state index contributed by atoms with van der Waals surface area (Å²) in [4.78, 5) is 24.7. The second kappa shape index (κ2) is 11.4. The fourth-order valence-corrected chi connectivity index (χ4v) is 15.9. The molecule has 5 saturated carbocycles. The lowest BCUT2D eigenvalue weighted by molar-refractivity contribution is -0.201. The number of ether oxygens (including phenoxy) is 1. The summed E-state index contributed by atoms with van der Waals surface area (Å²) in [5.41, 5.74) is 4.49. The van der Waals surface area contributed by atoms with Gasteiger partial charge in [0.25, 0.3) is 0 Å². The normalized spacial score (nSPS) is 51.6. The van der Waals surface area contributed by atoms with Gasteiger partial charge in [-0.05, 0) is 163 Å². The van der Waals surface area contributed by atoms with Crippen LogP contribution in [0.4, 0.5) is 0 Å². The smallest absolute Gasteiger partial charge is 0.306 e. The number of benzene rings is 1. The first kappa shape index (κ1) is 34.9. The number of ketones is 1.